The number of aromatic nitrogens is 5. The van der Waals surface area contributed by atoms with Gasteiger partial charge in [0.25, 0.3) is 0 Å². The van der Waals surface area contributed by atoms with Crippen molar-refractivity contribution in [3.63, 3.8) is 0 Å². The fraction of sp³-hybridized carbons (Fsp3) is 0. The van der Waals surface area contributed by atoms with Crippen LogP contribution in [0, 0.1) is 12.1 Å². The molecular formula is C31H21IrN5O-2. The van der Waals surface area contributed by atoms with Crippen molar-refractivity contribution in [2.24, 2.45) is 0 Å². The smallest absolute Gasteiger partial charge is 0.124 e. The summed E-state index contributed by atoms with van der Waals surface area (Å²) >= 11 is 0. The van der Waals surface area contributed by atoms with E-state index in [2.05, 4.69) is 37.1 Å². The summed E-state index contributed by atoms with van der Waals surface area (Å²) < 4.78 is 0. The van der Waals surface area contributed by atoms with Crippen molar-refractivity contribution < 1.29 is 25.2 Å². The van der Waals surface area contributed by atoms with Crippen LogP contribution in [0.1, 0.15) is 0 Å². The van der Waals surface area contributed by atoms with E-state index in [0.29, 0.717) is 0 Å². The van der Waals surface area contributed by atoms with Crippen LogP contribution in [0.4, 0.5) is 0 Å². The molecule has 0 atom stereocenters. The van der Waals surface area contributed by atoms with E-state index in [1.165, 1.54) is 0 Å². The summed E-state index contributed by atoms with van der Waals surface area (Å²) in [5.41, 5.74) is 6.67. The van der Waals surface area contributed by atoms with Gasteiger partial charge in [-0.25, -0.2) is 0 Å². The molecule has 0 spiro atoms. The van der Waals surface area contributed by atoms with Crippen LogP contribution in [-0.4, -0.2) is 30.0 Å². The zero-order chi connectivity index (χ0) is 25.3. The molecule has 0 amide bonds. The first-order valence-electron chi connectivity index (χ1n) is 11.6. The van der Waals surface area contributed by atoms with Gasteiger partial charge in [0.05, 0.1) is 5.69 Å². The van der Waals surface area contributed by atoms with Gasteiger partial charge in [-0.1, -0.05) is 35.4 Å². The van der Waals surface area contributed by atoms with Crippen LogP contribution in [0.25, 0.3) is 45.0 Å². The van der Waals surface area contributed by atoms with E-state index in [4.69, 9.17) is 0 Å². The number of phenols is 1. The van der Waals surface area contributed by atoms with Gasteiger partial charge in [-0.2, -0.15) is 0 Å². The Morgan fingerprint density at radius 1 is 0.553 bits per heavy atom. The van der Waals surface area contributed by atoms with Gasteiger partial charge in [0.15, 0.2) is 0 Å². The zero-order valence-corrected chi connectivity index (χ0v) is 22.5. The molecular weight excluding hydrogens is 651 g/mol. The van der Waals surface area contributed by atoms with Crippen molar-refractivity contribution >= 4 is 0 Å². The van der Waals surface area contributed by atoms with Crippen molar-refractivity contribution in [2.45, 2.75) is 0 Å². The number of aromatic hydroxyl groups is 1. The Labute approximate surface area is 234 Å². The number of hydrogen-bond donors (Lipinski definition) is 1. The van der Waals surface area contributed by atoms with E-state index in [9.17, 15) is 5.11 Å². The molecule has 7 heteroatoms. The molecule has 3 aromatic carbocycles. The fourth-order valence-corrected chi connectivity index (χ4v) is 3.62. The Morgan fingerprint density at radius 2 is 1.16 bits per heavy atom. The van der Waals surface area contributed by atoms with Gasteiger partial charge in [0.2, 0.25) is 0 Å². The molecule has 6 aromatic rings. The fourth-order valence-electron chi connectivity index (χ4n) is 3.62. The average Bonchev–Trinajstić information content (AvgIpc) is 2.99. The summed E-state index contributed by atoms with van der Waals surface area (Å²) in [4.78, 5) is 21.2. The molecule has 0 aliphatic carbocycles. The SMILES string of the molecule is Oc1ccccc1-c1cccc(-c2[c-]cccc2)n1.[Ir].[c-]1c(-c2cnccn2)cccc1-c1cnccn1. The summed E-state index contributed by atoms with van der Waals surface area (Å²) in [6.45, 7) is 0. The average molecular weight is 672 g/mol. The first kappa shape index (κ1) is 26.5. The normalized spacial score (nSPS) is 10.0. The van der Waals surface area contributed by atoms with Gasteiger partial charge in [-0.3, -0.25) is 24.9 Å². The van der Waals surface area contributed by atoms with E-state index in [0.717, 1.165) is 45.0 Å². The molecule has 0 aliphatic heterocycles. The van der Waals surface area contributed by atoms with Crippen molar-refractivity contribution in [2.75, 3.05) is 0 Å². The van der Waals surface area contributed by atoms with Crippen LogP contribution in [-0.2, 0) is 20.1 Å². The Morgan fingerprint density at radius 3 is 1.76 bits per heavy atom. The molecule has 0 aliphatic rings. The molecule has 0 saturated heterocycles. The molecule has 0 bridgehead atoms. The van der Waals surface area contributed by atoms with Gasteiger partial charge in [0.1, 0.15) is 5.75 Å². The first-order valence-corrected chi connectivity index (χ1v) is 11.6. The number of hydrogen-bond acceptors (Lipinski definition) is 6. The number of benzene rings is 3. The molecule has 0 fully saturated rings. The van der Waals surface area contributed by atoms with Gasteiger partial charge in [-0.05, 0) is 23.9 Å². The van der Waals surface area contributed by atoms with E-state index in [1.807, 2.05) is 72.8 Å². The maximum atomic E-state index is 9.88. The molecule has 0 saturated carbocycles. The monoisotopic (exact) mass is 672 g/mol. The molecule has 1 N–H and O–H groups in total. The van der Waals surface area contributed by atoms with Gasteiger partial charge in [-0.15, -0.1) is 60.2 Å². The third-order valence-electron chi connectivity index (χ3n) is 5.39. The first-order chi connectivity index (χ1) is 18.3. The maximum Gasteiger partial charge on any atom is 0.124 e. The summed E-state index contributed by atoms with van der Waals surface area (Å²) in [5.74, 6) is 0.240. The Balaban J connectivity index is 0.000000173. The van der Waals surface area contributed by atoms with Gasteiger partial charge >= 0.3 is 0 Å². The minimum absolute atomic E-state index is 0. The summed E-state index contributed by atoms with van der Waals surface area (Å²) in [7, 11) is 0. The topological polar surface area (TPSA) is 84.7 Å². The summed E-state index contributed by atoms with van der Waals surface area (Å²) in [6.07, 6.45) is 10.1. The third kappa shape index (κ3) is 6.59. The van der Waals surface area contributed by atoms with Crippen LogP contribution in [0.5, 0.6) is 5.75 Å². The van der Waals surface area contributed by atoms with Gasteiger partial charge < -0.3 is 5.11 Å². The van der Waals surface area contributed by atoms with Crippen LogP contribution >= 0.6 is 0 Å². The van der Waals surface area contributed by atoms with Crippen LogP contribution in [0.15, 0.2) is 122 Å². The quantitative estimate of drug-likeness (QED) is 0.221. The predicted molar refractivity (Wildman–Crippen MR) is 143 cm³/mol. The second-order valence-corrected chi connectivity index (χ2v) is 7.86. The molecule has 6 nitrogen and oxygen atoms in total. The Kier molecular flexibility index (Phi) is 9.13. The molecule has 6 rings (SSSR count). The molecule has 38 heavy (non-hydrogen) atoms. The van der Waals surface area contributed by atoms with E-state index >= 15 is 0 Å². The number of para-hydroxylation sites is 1. The second kappa shape index (κ2) is 13.1. The number of nitrogens with zero attached hydrogens (tertiary/aromatic N) is 5. The van der Waals surface area contributed by atoms with Crippen molar-refractivity contribution in [1.82, 2.24) is 24.9 Å². The number of pyridine rings is 1. The Bertz CT molecular complexity index is 1530. The summed E-state index contributed by atoms with van der Waals surface area (Å²) in [5, 5.41) is 9.88. The molecule has 3 heterocycles. The Hall–Kier alpha value is -4.58. The third-order valence-corrected chi connectivity index (χ3v) is 5.39. The number of phenolic OH excluding ortho intramolecular Hbond substituents is 1. The van der Waals surface area contributed by atoms with Crippen molar-refractivity contribution in [1.29, 1.82) is 0 Å². The van der Waals surface area contributed by atoms with Crippen LogP contribution < -0.4 is 0 Å². The van der Waals surface area contributed by atoms with E-state index in [-0.39, 0.29) is 25.9 Å². The second-order valence-electron chi connectivity index (χ2n) is 7.86. The standard InChI is InChI=1S/C17H12NO.C14H9N4.Ir/c19-17-12-5-4-9-14(17)16-11-6-10-15(18-16)13-7-2-1-3-8-13;1-2-11(13-9-15-4-6-17-13)8-12(3-1)14-10-16-5-7-18-14;/h1-7,9-12,19H;1-7,9-10H;/q2*-1;. The molecule has 187 valence electrons. The largest absolute Gasteiger partial charge is 0.507 e. The molecule has 1 radical (unpaired) electrons. The summed E-state index contributed by atoms with van der Waals surface area (Å²) in [6, 6.07) is 33.0. The van der Waals surface area contributed by atoms with Crippen molar-refractivity contribution in [3.8, 4) is 50.8 Å². The predicted octanol–water partition coefficient (Wildman–Crippen LogP) is 6.32. The minimum Gasteiger partial charge on any atom is -0.507 e. The minimum atomic E-state index is 0. The van der Waals surface area contributed by atoms with E-state index in [1.54, 1.807) is 49.3 Å². The maximum absolute atomic E-state index is 9.88. The van der Waals surface area contributed by atoms with Crippen LogP contribution in [0.3, 0.4) is 0 Å². The van der Waals surface area contributed by atoms with Crippen molar-refractivity contribution in [3.05, 3.63) is 134 Å². The molecule has 3 aromatic heterocycles. The van der Waals surface area contributed by atoms with Crippen LogP contribution in [0.2, 0.25) is 0 Å². The molecule has 0 unspecified atom stereocenters. The van der Waals surface area contributed by atoms with E-state index < -0.39 is 0 Å². The number of rotatable bonds is 4. The van der Waals surface area contributed by atoms with Gasteiger partial charge in [0, 0.05) is 74.2 Å². The zero-order valence-electron chi connectivity index (χ0n) is 20.1.